The average Bonchev–Trinajstić information content (AvgIpc) is 3.45. The highest BCUT2D eigenvalue weighted by Crippen LogP contribution is 2.26. The molecule has 45 heavy (non-hydrogen) atoms. The van der Waals surface area contributed by atoms with Crippen LogP contribution >= 0.6 is 0 Å². The zero-order chi connectivity index (χ0) is 32.2. The van der Waals surface area contributed by atoms with Gasteiger partial charge in [0, 0.05) is 36.9 Å². The normalized spacial score (nSPS) is 12.8. The third-order valence-corrected chi connectivity index (χ3v) is 8.15. The number of aryl methyl sites for hydroxylation is 1. The number of nitrogens with one attached hydrogen (secondary N) is 3. The van der Waals surface area contributed by atoms with Gasteiger partial charge in [0.05, 0.1) is 12.6 Å². The number of aromatic nitrogens is 2. The molecule has 4 aromatic rings. The van der Waals surface area contributed by atoms with Gasteiger partial charge in [-0.2, -0.15) is 0 Å². The fourth-order valence-corrected chi connectivity index (χ4v) is 5.71. The minimum absolute atomic E-state index is 0.253. The Labute approximate surface area is 266 Å². The summed E-state index contributed by atoms with van der Waals surface area (Å²) in [6.07, 6.45) is 7.10. The number of benzene rings is 3. The van der Waals surface area contributed by atoms with Crippen LogP contribution in [0.1, 0.15) is 79.8 Å². The lowest BCUT2D eigenvalue weighted by molar-refractivity contribution is -0.123. The molecule has 4 rings (SSSR count). The zero-order valence-electron chi connectivity index (χ0n) is 27.0. The Morgan fingerprint density at radius 1 is 0.911 bits per heavy atom. The van der Waals surface area contributed by atoms with Gasteiger partial charge in [-0.15, -0.1) is 0 Å². The third-order valence-electron chi connectivity index (χ3n) is 8.15. The molecule has 0 saturated heterocycles. The van der Waals surface area contributed by atoms with E-state index in [1.165, 1.54) is 6.07 Å². The number of halogens is 1. The predicted molar refractivity (Wildman–Crippen MR) is 178 cm³/mol. The van der Waals surface area contributed by atoms with Crippen LogP contribution in [0, 0.1) is 5.82 Å². The molecule has 1 heterocycles. The lowest BCUT2D eigenvalue weighted by atomic mass is 9.98. The first-order valence-electron chi connectivity index (χ1n) is 16.1. The van der Waals surface area contributed by atoms with Crippen molar-refractivity contribution in [2.75, 3.05) is 19.6 Å². The van der Waals surface area contributed by atoms with Crippen molar-refractivity contribution in [2.45, 2.75) is 71.6 Å². The van der Waals surface area contributed by atoms with Gasteiger partial charge < -0.3 is 25.4 Å². The highest BCUT2D eigenvalue weighted by molar-refractivity contribution is 5.97. The van der Waals surface area contributed by atoms with Gasteiger partial charge in [-0.1, -0.05) is 56.3 Å². The van der Waals surface area contributed by atoms with Gasteiger partial charge in [0.25, 0.3) is 5.91 Å². The predicted octanol–water partition coefficient (Wildman–Crippen LogP) is 5.88. The number of imidazole rings is 1. The van der Waals surface area contributed by atoms with Crippen molar-refractivity contribution in [1.82, 2.24) is 30.4 Å². The van der Waals surface area contributed by atoms with E-state index >= 15 is 0 Å². The summed E-state index contributed by atoms with van der Waals surface area (Å²) < 4.78 is 16.4. The maximum absolute atomic E-state index is 14.5. The molecule has 1 unspecified atom stereocenters. The minimum atomic E-state index is -0.712. The molecule has 0 saturated carbocycles. The number of hydrogen-bond acceptors (Lipinski definition) is 5. The minimum Gasteiger partial charge on any atom is -0.348 e. The van der Waals surface area contributed by atoms with Gasteiger partial charge in [-0.05, 0) is 87.0 Å². The number of fused-ring (bicyclic) bond motifs is 1. The molecule has 2 atom stereocenters. The van der Waals surface area contributed by atoms with E-state index in [1.54, 1.807) is 36.5 Å². The highest BCUT2D eigenvalue weighted by atomic mass is 19.1. The van der Waals surface area contributed by atoms with E-state index < -0.39 is 6.04 Å². The fourth-order valence-electron chi connectivity index (χ4n) is 5.71. The maximum atomic E-state index is 14.5. The van der Waals surface area contributed by atoms with Crippen molar-refractivity contribution in [2.24, 2.45) is 7.05 Å². The number of nitrogens with zero attached hydrogens (tertiary/aromatic N) is 3. The molecule has 0 spiro atoms. The van der Waals surface area contributed by atoms with Gasteiger partial charge >= 0.3 is 0 Å². The molecule has 0 aliphatic carbocycles. The van der Waals surface area contributed by atoms with Crippen LogP contribution in [-0.4, -0.2) is 51.9 Å². The molecule has 9 heteroatoms. The van der Waals surface area contributed by atoms with Crippen LogP contribution in [0.25, 0.3) is 10.8 Å². The SMILES string of the molecule is CCCN(CCC)CCCC(NC(=O)c1ccc(CNCc2nccn2C)cc1)C(=O)N[C@@H](C)c1ccc(F)c2ccccc12. The summed E-state index contributed by atoms with van der Waals surface area (Å²) in [6, 6.07) is 16.8. The third kappa shape index (κ3) is 9.45. The Balaban J connectivity index is 1.42. The average molecular weight is 615 g/mol. The van der Waals surface area contributed by atoms with Gasteiger partial charge in [-0.25, -0.2) is 9.37 Å². The van der Waals surface area contributed by atoms with E-state index in [0.29, 0.717) is 30.5 Å². The summed E-state index contributed by atoms with van der Waals surface area (Å²) in [5, 5.41) is 10.8. The first-order chi connectivity index (χ1) is 21.8. The topological polar surface area (TPSA) is 91.3 Å². The zero-order valence-corrected chi connectivity index (χ0v) is 27.0. The van der Waals surface area contributed by atoms with Crippen LogP contribution < -0.4 is 16.0 Å². The Hall–Kier alpha value is -4.08. The summed E-state index contributed by atoms with van der Waals surface area (Å²) in [4.78, 5) is 33.8. The quantitative estimate of drug-likeness (QED) is 0.138. The van der Waals surface area contributed by atoms with Gasteiger partial charge in [0.1, 0.15) is 17.7 Å². The molecular weight excluding hydrogens is 567 g/mol. The Morgan fingerprint density at radius 3 is 2.29 bits per heavy atom. The molecule has 240 valence electrons. The molecule has 0 fully saturated rings. The molecule has 1 aromatic heterocycles. The van der Waals surface area contributed by atoms with Gasteiger partial charge in [0.2, 0.25) is 5.91 Å². The smallest absolute Gasteiger partial charge is 0.251 e. The number of carbonyl (C=O) groups is 2. The fraction of sp³-hybridized carbons (Fsp3) is 0.417. The van der Waals surface area contributed by atoms with Crippen LogP contribution in [0.2, 0.25) is 0 Å². The van der Waals surface area contributed by atoms with Crippen LogP contribution in [0.5, 0.6) is 0 Å². The molecule has 0 aliphatic rings. The van der Waals surface area contributed by atoms with E-state index in [4.69, 9.17) is 0 Å². The second-order valence-corrected chi connectivity index (χ2v) is 11.7. The van der Waals surface area contributed by atoms with E-state index in [0.717, 1.165) is 61.2 Å². The van der Waals surface area contributed by atoms with Crippen LogP contribution in [0.15, 0.2) is 73.1 Å². The van der Waals surface area contributed by atoms with Crippen molar-refractivity contribution >= 4 is 22.6 Å². The van der Waals surface area contributed by atoms with Crippen molar-refractivity contribution in [1.29, 1.82) is 0 Å². The Kier molecular flexibility index (Phi) is 12.7. The van der Waals surface area contributed by atoms with Crippen molar-refractivity contribution in [3.05, 3.63) is 101 Å². The molecule has 0 aliphatic heterocycles. The summed E-state index contributed by atoms with van der Waals surface area (Å²) in [5.41, 5.74) is 2.37. The Bertz CT molecular complexity index is 1530. The first-order valence-corrected chi connectivity index (χ1v) is 16.1. The van der Waals surface area contributed by atoms with Crippen molar-refractivity contribution < 1.29 is 14.0 Å². The monoisotopic (exact) mass is 614 g/mol. The van der Waals surface area contributed by atoms with Crippen LogP contribution in [0.3, 0.4) is 0 Å². The lowest BCUT2D eigenvalue weighted by Gasteiger charge is -2.25. The van der Waals surface area contributed by atoms with E-state index in [1.807, 2.05) is 49.0 Å². The molecule has 3 aromatic carbocycles. The molecule has 2 amide bonds. The summed E-state index contributed by atoms with van der Waals surface area (Å²) in [7, 11) is 1.96. The summed E-state index contributed by atoms with van der Waals surface area (Å²) in [6.45, 7) is 10.4. The molecular formula is C36H47FN6O2. The first kappa shape index (κ1) is 33.8. The number of amides is 2. The largest absolute Gasteiger partial charge is 0.348 e. The highest BCUT2D eigenvalue weighted by Gasteiger charge is 2.24. The second kappa shape index (κ2) is 16.8. The van der Waals surface area contributed by atoms with E-state index in [2.05, 4.69) is 39.7 Å². The second-order valence-electron chi connectivity index (χ2n) is 11.7. The number of hydrogen-bond donors (Lipinski definition) is 3. The molecule has 0 radical (unpaired) electrons. The van der Waals surface area contributed by atoms with Crippen LogP contribution in [0.4, 0.5) is 4.39 Å². The number of carbonyl (C=O) groups excluding carboxylic acids is 2. The molecule has 0 bridgehead atoms. The maximum Gasteiger partial charge on any atom is 0.251 e. The summed E-state index contributed by atoms with van der Waals surface area (Å²) in [5.74, 6) is 0.111. The van der Waals surface area contributed by atoms with Crippen molar-refractivity contribution in [3.8, 4) is 0 Å². The van der Waals surface area contributed by atoms with E-state index in [9.17, 15) is 14.0 Å². The van der Waals surface area contributed by atoms with Crippen molar-refractivity contribution in [3.63, 3.8) is 0 Å². The van der Waals surface area contributed by atoms with Gasteiger partial charge in [0.15, 0.2) is 0 Å². The number of rotatable bonds is 17. The Morgan fingerprint density at radius 2 is 1.62 bits per heavy atom. The summed E-state index contributed by atoms with van der Waals surface area (Å²) >= 11 is 0. The van der Waals surface area contributed by atoms with Gasteiger partial charge in [-0.3, -0.25) is 9.59 Å². The molecule has 8 nitrogen and oxygen atoms in total. The van der Waals surface area contributed by atoms with E-state index in [-0.39, 0.29) is 23.7 Å². The molecule has 3 N–H and O–H groups in total. The van der Waals surface area contributed by atoms with Crippen LogP contribution in [-0.2, 0) is 24.9 Å². The lowest BCUT2D eigenvalue weighted by Crippen LogP contribution is -2.47. The standard InChI is InChI=1S/C36H47FN6O2/c1-5-20-43(21-6-2)22-9-12-33(36(45)40-26(3)29-17-18-32(37)31-11-8-7-10-30(29)31)41-35(44)28-15-13-27(14-16-28)24-38-25-34-39-19-23-42(34)4/h7-8,10-11,13-19,23,26,33,38H,5-6,9,12,20-22,24-25H2,1-4H3,(H,40,45)(H,41,44)/t26-,33?/m0/s1.